The van der Waals surface area contributed by atoms with Gasteiger partial charge >= 0.3 is 5.97 Å². The Kier molecular flexibility index (Phi) is 4.85. The molecule has 1 saturated carbocycles. The number of hydrogen-bond acceptors (Lipinski definition) is 6. The van der Waals surface area contributed by atoms with Crippen molar-refractivity contribution in [2.24, 2.45) is 5.92 Å². The van der Waals surface area contributed by atoms with E-state index in [0.717, 1.165) is 11.3 Å². The van der Waals surface area contributed by atoms with Gasteiger partial charge in [0, 0.05) is 6.54 Å². The molecular formula is C11H14BrNO5S2. The van der Waals surface area contributed by atoms with Crippen LogP contribution in [-0.2, 0) is 14.8 Å². The van der Waals surface area contributed by atoms with E-state index in [1.165, 1.54) is 13.2 Å². The number of rotatable bonds is 5. The highest BCUT2D eigenvalue weighted by Crippen LogP contribution is 2.32. The zero-order valence-electron chi connectivity index (χ0n) is 10.6. The molecule has 1 aliphatic rings. The third kappa shape index (κ3) is 3.40. The second-order valence-electron chi connectivity index (χ2n) is 4.58. The zero-order valence-corrected chi connectivity index (χ0v) is 13.8. The summed E-state index contributed by atoms with van der Waals surface area (Å²) in [6.45, 7) is 0.287. The van der Waals surface area contributed by atoms with E-state index in [1.807, 2.05) is 0 Å². The van der Waals surface area contributed by atoms with Crippen molar-refractivity contribution in [3.8, 4) is 0 Å². The number of thiophene rings is 1. The van der Waals surface area contributed by atoms with Gasteiger partial charge in [-0.1, -0.05) is 0 Å². The summed E-state index contributed by atoms with van der Waals surface area (Å²) in [6, 6.07) is 1.29. The third-order valence-electron chi connectivity index (χ3n) is 3.10. The molecule has 9 heteroatoms. The highest BCUT2D eigenvalue weighted by atomic mass is 79.9. The Morgan fingerprint density at radius 3 is 2.80 bits per heavy atom. The van der Waals surface area contributed by atoms with Gasteiger partial charge < -0.3 is 9.84 Å². The molecule has 0 aromatic carbocycles. The quantitative estimate of drug-likeness (QED) is 0.748. The van der Waals surface area contributed by atoms with Crippen LogP contribution >= 0.6 is 27.3 Å². The van der Waals surface area contributed by atoms with Gasteiger partial charge in [-0.2, -0.15) is 0 Å². The number of carbonyl (C=O) groups excluding carboxylic acids is 1. The fourth-order valence-electron chi connectivity index (χ4n) is 1.91. The van der Waals surface area contributed by atoms with Crippen LogP contribution in [0.4, 0.5) is 0 Å². The van der Waals surface area contributed by atoms with Crippen LogP contribution in [0.3, 0.4) is 0 Å². The Bertz CT molecular complexity index is 606. The van der Waals surface area contributed by atoms with Gasteiger partial charge in [0.25, 0.3) is 0 Å². The van der Waals surface area contributed by atoms with Crippen LogP contribution in [0.15, 0.2) is 14.7 Å². The van der Waals surface area contributed by atoms with E-state index < -0.39 is 16.0 Å². The van der Waals surface area contributed by atoms with Crippen molar-refractivity contribution < 1.29 is 23.1 Å². The SMILES string of the molecule is COC(=O)c1cc(S(=O)(=O)NCC2CC(O)C2)c(Br)s1. The fraction of sp³-hybridized carbons (Fsp3) is 0.545. The number of aliphatic hydroxyl groups is 1. The number of ether oxygens (including phenoxy) is 1. The largest absolute Gasteiger partial charge is 0.465 e. The van der Waals surface area contributed by atoms with Gasteiger partial charge in [0.2, 0.25) is 10.0 Å². The van der Waals surface area contributed by atoms with Gasteiger partial charge in [-0.3, -0.25) is 0 Å². The Labute approximate surface area is 129 Å². The number of aliphatic hydroxyl groups excluding tert-OH is 1. The van der Waals surface area contributed by atoms with E-state index in [2.05, 4.69) is 25.4 Å². The molecule has 1 fully saturated rings. The molecule has 112 valence electrons. The van der Waals surface area contributed by atoms with E-state index in [4.69, 9.17) is 5.11 Å². The van der Waals surface area contributed by atoms with Gasteiger partial charge in [0.15, 0.2) is 0 Å². The van der Waals surface area contributed by atoms with Crippen molar-refractivity contribution in [2.45, 2.75) is 23.8 Å². The van der Waals surface area contributed by atoms with Crippen LogP contribution in [0.5, 0.6) is 0 Å². The number of carbonyl (C=O) groups is 1. The minimum absolute atomic E-state index is 0.0303. The van der Waals surface area contributed by atoms with Crippen LogP contribution in [0, 0.1) is 5.92 Å². The van der Waals surface area contributed by atoms with Crippen LogP contribution in [-0.4, -0.2) is 39.3 Å². The van der Waals surface area contributed by atoms with Gasteiger partial charge in [-0.25, -0.2) is 17.9 Å². The summed E-state index contributed by atoms with van der Waals surface area (Å²) < 4.78 is 31.7. The highest BCUT2D eigenvalue weighted by molar-refractivity contribution is 9.11. The molecule has 0 radical (unpaired) electrons. The topological polar surface area (TPSA) is 92.7 Å². The summed E-state index contributed by atoms with van der Waals surface area (Å²) in [7, 11) is -2.44. The summed E-state index contributed by atoms with van der Waals surface area (Å²) in [5, 5.41) is 9.17. The molecule has 2 rings (SSSR count). The third-order valence-corrected chi connectivity index (χ3v) is 6.76. The first-order valence-electron chi connectivity index (χ1n) is 5.89. The predicted molar refractivity (Wildman–Crippen MR) is 77.3 cm³/mol. The minimum atomic E-state index is -3.68. The lowest BCUT2D eigenvalue weighted by molar-refractivity contribution is 0.0453. The molecule has 0 bridgehead atoms. The fourth-order valence-corrected chi connectivity index (χ4v) is 5.51. The van der Waals surface area contributed by atoms with E-state index in [0.29, 0.717) is 16.6 Å². The molecule has 1 aromatic heterocycles. The first kappa shape index (κ1) is 15.9. The number of methoxy groups -OCH3 is 1. The van der Waals surface area contributed by atoms with Crippen molar-refractivity contribution in [1.29, 1.82) is 0 Å². The highest BCUT2D eigenvalue weighted by Gasteiger charge is 2.30. The average Bonchev–Trinajstić information content (AvgIpc) is 2.75. The van der Waals surface area contributed by atoms with E-state index in [-0.39, 0.29) is 28.3 Å². The summed E-state index contributed by atoms with van der Waals surface area (Å²) >= 11 is 4.16. The summed E-state index contributed by atoms with van der Waals surface area (Å²) in [6.07, 6.45) is 0.907. The van der Waals surface area contributed by atoms with Crippen molar-refractivity contribution in [2.75, 3.05) is 13.7 Å². The van der Waals surface area contributed by atoms with Crippen molar-refractivity contribution in [1.82, 2.24) is 4.72 Å². The van der Waals surface area contributed by atoms with E-state index in [1.54, 1.807) is 0 Å². The van der Waals surface area contributed by atoms with Crippen LogP contribution < -0.4 is 4.72 Å². The van der Waals surface area contributed by atoms with Crippen molar-refractivity contribution in [3.05, 3.63) is 14.7 Å². The maximum Gasteiger partial charge on any atom is 0.348 e. The Morgan fingerprint density at radius 1 is 1.60 bits per heavy atom. The molecule has 20 heavy (non-hydrogen) atoms. The lowest BCUT2D eigenvalue weighted by atomic mass is 9.83. The number of halogens is 1. The maximum absolute atomic E-state index is 12.2. The average molecular weight is 384 g/mol. The summed E-state index contributed by atoms with van der Waals surface area (Å²) in [5.41, 5.74) is 0. The second-order valence-corrected chi connectivity index (χ2v) is 8.69. The molecule has 1 heterocycles. The Morgan fingerprint density at radius 2 is 2.25 bits per heavy atom. The van der Waals surface area contributed by atoms with Crippen LogP contribution in [0.1, 0.15) is 22.5 Å². The van der Waals surface area contributed by atoms with Gasteiger partial charge in [0.05, 0.1) is 17.0 Å². The monoisotopic (exact) mass is 383 g/mol. The molecule has 1 aliphatic carbocycles. The zero-order chi connectivity index (χ0) is 14.9. The normalized spacial score (nSPS) is 22.4. The number of esters is 1. The molecule has 1 aromatic rings. The first-order chi connectivity index (χ1) is 9.33. The van der Waals surface area contributed by atoms with Gasteiger partial charge in [0.1, 0.15) is 9.77 Å². The van der Waals surface area contributed by atoms with Gasteiger partial charge in [-0.15, -0.1) is 11.3 Å². The molecule has 6 nitrogen and oxygen atoms in total. The van der Waals surface area contributed by atoms with Crippen molar-refractivity contribution >= 4 is 43.3 Å². The Hall–Kier alpha value is -0.480. The standard InChI is InChI=1S/C11H14BrNO5S2/c1-18-11(15)8-4-9(10(12)19-8)20(16,17)13-5-6-2-7(14)3-6/h4,6-7,13-14H,2-3,5H2,1H3. The summed E-state index contributed by atoms with van der Waals surface area (Å²) in [5.74, 6) is -0.406. The molecule has 0 saturated heterocycles. The lowest BCUT2D eigenvalue weighted by Crippen LogP contribution is -2.38. The molecule has 0 spiro atoms. The number of sulfonamides is 1. The van der Waals surface area contributed by atoms with Crippen LogP contribution in [0.25, 0.3) is 0 Å². The predicted octanol–water partition coefficient (Wildman–Crippen LogP) is 1.35. The first-order valence-corrected chi connectivity index (χ1v) is 8.98. The van der Waals surface area contributed by atoms with Gasteiger partial charge in [-0.05, 0) is 40.8 Å². The second kappa shape index (κ2) is 6.10. The molecule has 0 amide bonds. The minimum Gasteiger partial charge on any atom is -0.465 e. The molecular weight excluding hydrogens is 370 g/mol. The van der Waals surface area contributed by atoms with Crippen LogP contribution in [0.2, 0.25) is 0 Å². The Balaban J connectivity index is 2.08. The summed E-state index contributed by atoms with van der Waals surface area (Å²) in [4.78, 5) is 11.6. The molecule has 0 atom stereocenters. The van der Waals surface area contributed by atoms with E-state index >= 15 is 0 Å². The smallest absolute Gasteiger partial charge is 0.348 e. The molecule has 0 aliphatic heterocycles. The number of hydrogen-bond donors (Lipinski definition) is 2. The van der Waals surface area contributed by atoms with Crippen molar-refractivity contribution in [3.63, 3.8) is 0 Å². The van der Waals surface area contributed by atoms with E-state index in [9.17, 15) is 13.2 Å². The molecule has 0 unspecified atom stereocenters. The lowest BCUT2D eigenvalue weighted by Gasteiger charge is -2.31. The maximum atomic E-state index is 12.2. The number of nitrogens with one attached hydrogen (secondary N) is 1. The molecule has 2 N–H and O–H groups in total.